The van der Waals surface area contributed by atoms with Crippen LogP contribution in [0, 0.1) is 18.7 Å². The van der Waals surface area contributed by atoms with E-state index in [1.54, 1.807) is 19.1 Å². The van der Waals surface area contributed by atoms with Crippen molar-refractivity contribution in [3.8, 4) is 0 Å². The fourth-order valence-corrected chi connectivity index (χ4v) is 3.81. The van der Waals surface area contributed by atoms with Crippen LogP contribution in [0.25, 0.3) is 0 Å². The van der Waals surface area contributed by atoms with Gasteiger partial charge in [0.1, 0.15) is 5.82 Å². The van der Waals surface area contributed by atoms with E-state index in [4.69, 9.17) is 0 Å². The number of halogens is 1. The number of piperidine rings is 1. The Kier molecular flexibility index (Phi) is 5.01. The molecule has 4 nitrogen and oxygen atoms in total. The zero-order valence-electron chi connectivity index (χ0n) is 12.4. The van der Waals surface area contributed by atoms with E-state index in [2.05, 4.69) is 0 Å². The first-order valence-corrected chi connectivity index (χ1v) is 9.01. The van der Waals surface area contributed by atoms with Crippen LogP contribution in [0.4, 0.5) is 4.39 Å². The Morgan fingerprint density at radius 2 is 2.19 bits per heavy atom. The molecule has 0 radical (unpaired) electrons. The van der Waals surface area contributed by atoms with E-state index in [0.29, 0.717) is 19.5 Å². The Morgan fingerprint density at radius 3 is 2.81 bits per heavy atom. The molecule has 6 heteroatoms. The van der Waals surface area contributed by atoms with Crippen molar-refractivity contribution in [3.05, 3.63) is 35.1 Å². The van der Waals surface area contributed by atoms with Crippen molar-refractivity contribution in [2.75, 3.05) is 19.3 Å². The predicted octanol–water partition coefficient (Wildman–Crippen LogP) is 2.23. The molecule has 1 aliphatic heterocycles. The first-order valence-electron chi connectivity index (χ1n) is 7.16. The van der Waals surface area contributed by atoms with Crippen molar-refractivity contribution in [3.63, 3.8) is 0 Å². The molecule has 0 amide bonds. The molecule has 1 N–H and O–H groups in total. The molecule has 1 aliphatic rings. The van der Waals surface area contributed by atoms with Gasteiger partial charge in [0, 0.05) is 18.7 Å². The molecule has 0 spiro atoms. The van der Waals surface area contributed by atoms with Crippen molar-refractivity contribution >= 4 is 10.0 Å². The van der Waals surface area contributed by atoms with Gasteiger partial charge in [0.05, 0.1) is 12.4 Å². The van der Waals surface area contributed by atoms with Crippen LogP contribution in [-0.4, -0.2) is 37.2 Å². The van der Waals surface area contributed by atoms with Crippen LogP contribution in [-0.2, 0) is 10.0 Å². The summed E-state index contributed by atoms with van der Waals surface area (Å²) < 4.78 is 38.5. The van der Waals surface area contributed by atoms with E-state index in [0.717, 1.165) is 18.4 Å². The average Bonchev–Trinajstić information content (AvgIpc) is 2.37. The van der Waals surface area contributed by atoms with Gasteiger partial charge in [0.25, 0.3) is 0 Å². The zero-order chi connectivity index (χ0) is 15.6. The Bertz CT molecular complexity index is 603. The molecule has 1 aromatic rings. The maximum Gasteiger partial charge on any atom is 0.211 e. The lowest BCUT2D eigenvalue weighted by Crippen LogP contribution is -2.39. The highest BCUT2D eigenvalue weighted by Crippen LogP contribution is 2.29. The second-order valence-corrected chi connectivity index (χ2v) is 7.89. The topological polar surface area (TPSA) is 57.6 Å². The van der Waals surface area contributed by atoms with Crippen LogP contribution >= 0.6 is 0 Å². The van der Waals surface area contributed by atoms with Crippen LogP contribution in [0.2, 0.25) is 0 Å². The zero-order valence-corrected chi connectivity index (χ0v) is 13.2. The predicted molar refractivity (Wildman–Crippen MR) is 79.9 cm³/mol. The normalized spacial score (nSPS) is 22.2. The highest BCUT2D eigenvalue weighted by Gasteiger charge is 2.28. The van der Waals surface area contributed by atoms with Gasteiger partial charge in [-0.25, -0.2) is 17.1 Å². The smallest absolute Gasteiger partial charge is 0.211 e. The van der Waals surface area contributed by atoms with Crippen molar-refractivity contribution in [1.29, 1.82) is 0 Å². The van der Waals surface area contributed by atoms with Crippen LogP contribution in [0.15, 0.2) is 18.2 Å². The molecule has 1 heterocycles. The quantitative estimate of drug-likeness (QED) is 0.927. The molecule has 0 aliphatic carbocycles. The molecule has 1 saturated heterocycles. The van der Waals surface area contributed by atoms with Gasteiger partial charge in [-0.15, -0.1) is 0 Å². The van der Waals surface area contributed by atoms with Gasteiger partial charge >= 0.3 is 0 Å². The number of aliphatic hydroxyl groups is 1. The van der Waals surface area contributed by atoms with E-state index >= 15 is 0 Å². The lowest BCUT2D eigenvalue weighted by atomic mass is 9.90. The molecular formula is C15H22FNO3S. The largest absolute Gasteiger partial charge is 0.388 e. The minimum atomic E-state index is -3.20. The number of aliphatic hydroxyl groups excluding tert-OH is 1. The molecular weight excluding hydrogens is 293 g/mol. The van der Waals surface area contributed by atoms with Gasteiger partial charge in [-0.3, -0.25) is 0 Å². The van der Waals surface area contributed by atoms with Crippen molar-refractivity contribution in [2.24, 2.45) is 5.92 Å². The molecule has 2 rings (SSSR count). The summed E-state index contributed by atoms with van der Waals surface area (Å²) in [6.45, 7) is 2.73. The third-order valence-corrected chi connectivity index (χ3v) is 5.29. The van der Waals surface area contributed by atoms with Crippen molar-refractivity contribution < 1.29 is 17.9 Å². The standard InChI is InChI=1S/C15H22FNO3S/c1-11-5-6-13(14(16)8-11)15(18)9-12-4-3-7-17(10-12)21(2,19)20/h5-6,8,12,15,18H,3-4,7,9-10H2,1-2H3. The average molecular weight is 315 g/mol. The Hall–Kier alpha value is -0.980. The highest BCUT2D eigenvalue weighted by atomic mass is 32.2. The van der Waals surface area contributed by atoms with Crippen LogP contribution in [0.1, 0.15) is 36.5 Å². The number of aryl methyl sites for hydroxylation is 1. The molecule has 0 bridgehead atoms. The first-order chi connectivity index (χ1) is 9.77. The summed E-state index contributed by atoms with van der Waals surface area (Å²) in [5.74, 6) is -0.345. The summed E-state index contributed by atoms with van der Waals surface area (Å²) in [6.07, 6.45) is 2.32. The SMILES string of the molecule is Cc1ccc(C(O)CC2CCCN(S(C)(=O)=O)C2)c(F)c1. The third-order valence-electron chi connectivity index (χ3n) is 4.02. The second kappa shape index (κ2) is 6.42. The van der Waals surface area contributed by atoms with Crippen LogP contribution < -0.4 is 0 Å². The van der Waals surface area contributed by atoms with Crippen LogP contribution in [0.3, 0.4) is 0 Å². The third kappa shape index (κ3) is 4.25. The van der Waals surface area contributed by atoms with Gasteiger partial charge < -0.3 is 5.11 Å². The van der Waals surface area contributed by atoms with E-state index in [1.165, 1.54) is 16.6 Å². The summed E-state index contributed by atoms with van der Waals surface area (Å²) in [4.78, 5) is 0. The summed E-state index contributed by atoms with van der Waals surface area (Å²) in [6, 6.07) is 4.78. The van der Waals surface area contributed by atoms with Crippen molar-refractivity contribution in [1.82, 2.24) is 4.31 Å². The lowest BCUT2D eigenvalue weighted by Gasteiger charge is -2.32. The molecule has 1 aromatic carbocycles. The molecule has 118 valence electrons. The minimum Gasteiger partial charge on any atom is -0.388 e. The first kappa shape index (κ1) is 16.4. The maximum absolute atomic E-state index is 13.9. The van der Waals surface area contributed by atoms with E-state index in [9.17, 15) is 17.9 Å². The molecule has 2 atom stereocenters. The second-order valence-electron chi connectivity index (χ2n) is 5.91. The summed E-state index contributed by atoms with van der Waals surface area (Å²) >= 11 is 0. The number of sulfonamides is 1. The van der Waals surface area contributed by atoms with Crippen LogP contribution in [0.5, 0.6) is 0 Å². The molecule has 0 aromatic heterocycles. The molecule has 2 unspecified atom stereocenters. The molecule has 1 fully saturated rings. The summed E-state index contributed by atoms with van der Waals surface area (Å²) in [5.41, 5.74) is 1.10. The monoisotopic (exact) mass is 315 g/mol. The van der Waals surface area contributed by atoms with E-state index in [1.807, 2.05) is 0 Å². The number of hydrogen-bond donors (Lipinski definition) is 1. The maximum atomic E-state index is 13.9. The lowest BCUT2D eigenvalue weighted by molar-refractivity contribution is 0.119. The molecule has 0 saturated carbocycles. The van der Waals surface area contributed by atoms with Gasteiger partial charge in [0.15, 0.2) is 0 Å². The van der Waals surface area contributed by atoms with Gasteiger partial charge in [-0.2, -0.15) is 0 Å². The highest BCUT2D eigenvalue weighted by molar-refractivity contribution is 7.88. The van der Waals surface area contributed by atoms with Gasteiger partial charge in [-0.1, -0.05) is 12.1 Å². The summed E-state index contributed by atoms with van der Waals surface area (Å²) in [5, 5.41) is 10.2. The fourth-order valence-electron chi connectivity index (χ4n) is 2.87. The number of hydrogen-bond acceptors (Lipinski definition) is 3. The Labute approximate surface area is 125 Å². The number of benzene rings is 1. The van der Waals surface area contributed by atoms with Gasteiger partial charge in [0.2, 0.25) is 10.0 Å². The number of rotatable bonds is 4. The Balaban J connectivity index is 2.03. The van der Waals surface area contributed by atoms with E-state index < -0.39 is 21.9 Å². The fraction of sp³-hybridized carbons (Fsp3) is 0.600. The van der Waals surface area contributed by atoms with Gasteiger partial charge in [-0.05, 0) is 43.7 Å². The summed E-state index contributed by atoms with van der Waals surface area (Å²) in [7, 11) is -3.20. The van der Waals surface area contributed by atoms with E-state index in [-0.39, 0.29) is 11.5 Å². The molecule has 21 heavy (non-hydrogen) atoms. The van der Waals surface area contributed by atoms with Crippen molar-refractivity contribution in [2.45, 2.75) is 32.3 Å². The minimum absolute atomic E-state index is 0.0594. The Morgan fingerprint density at radius 1 is 1.48 bits per heavy atom. The number of nitrogens with zero attached hydrogens (tertiary/aromatic N) is 1.